The maximum absolute atomic E-state index is 5.66. The van der Waals surface area contributed by atoms with Crippen LogP contribution in [0.3, 0.4) is 0 Å². The second-order valence-corrected chi connectivity index (χ2v) is 6.90. The highest BCUT2D eigenvalue weighted by molar-refractivity contribution is 5.79. The molecule has 0 heterocycles. The Morgan fingerprint density at radius 3 is 2.21 bits per heavy atom. The highest BCUT2D eigenvalue weighted by atomic mass is 16.5. The van der Waals surface area contributed by atoms with Gasteiger partial charge in [0.05, 0.1) is 20.8 Å². The Kier molecular flexibility index (Phi) is 12.0. The predicted octanol–water partition coefficient (Wildman–Crippen LogP) is 3.28. The summed E-state index contributed by atoms with van der Waals surface area (Å²) >= 11 is 0. The zero-order valence-corrected chi connectivity index (χ0v) is 19.3. The van der Waals surface area contributed by atoms with E-state index in [2.05, 4.69) is 41.3 Å². The molecule has 1 aromatic carbocycles. The predicted molar refractivity (Wildman–Crippen MR) is 121 cm³/mol. The zero-order valence-electron chi connectivity index (χ0n) is 19.3. The van der Waals surface area contributed by atoms with Gasteiger partial charge in [-0.25, -0.2) is 0 Å². The van der Waals surface area contributed by atoms with Gasteiger partial charge in [0, 0.05) is 19.6 Å². The third-order valence-electron chi connectivity index (χ3n) is 4.88. The summed E-state index contributed by atoms with van der Waals surface area (Å²) in [7, 11) is 5.06. The Bertz CT molecular complexity index is 593. The minimum absolute atomic E-state index is 0.348. The van der Waals surface area contributed by atoms with Crippen LogP contribution in [-0.4, -0.2) is 64.4 Å². The summed E-state index contributed by atoms with van der Waals surface area (Å²) < 4.78 is 16.6. The molecular formula is C22H40N4O3. The van der Waals surface area contributed by atoms with Gasteiger partial charge in [-0.3, -0.25) is 4.99 Å². The summed E-state index contributed by atoms with van der Waals surface area (Å²) in [5.41, 5.74) is 1.03. The molecule has 1 atom stereocenters. The molecule has 1 unspecified atom stereocenters. The van der Waals surface area contributed by atoms with Crippen LogP contribution in [-0.2, 0) is 6.54 Å². The highest BCUT2D eigenvalue weighted by Gasteiger charge is 2.14. The summed E-state index contributed by atoms with van der Waals surface area (Å²) in [5.74, 6) is 2.74. The average molecular weight is 409 g/mol. The number of benzene rings is 1. The molecule has 166 valence electrons. The van der Waals surface area contributed by atoms with E-state index in [1.54, 1.807) is 21.3 Å². The topological polar surface area (TPSA) is 67.4 Å². The van der Waals surface area contributed by atoms with E-state index in [0.29, 0.717) is 36.4 Å². The Morgan fingerprint density at radius 1 is 1.10 bits per heavy atom. The van der Waals surface area contributed by atoms with Crippen LogP contribution in [0.25, 0.3) is 0 Å². The molecule has 0 aromatic heterocycles. The number of nitrogens with one attached hydrogen (secondary N) is 2. The van der Waals surface area contributed by atoms with Crippen LogP contribution in [0.15, 0.2) is 17.1 Å². The lowest BCUT2D eigenvalue weighted by Gasteiger charge is -2.21. The van der Waals surface area contributed by atoms with Gasteiger partial charge in [-0.2, -0.15) is 0 Å². The van der Waals surface area contributed by atoms with Gasteiger partial charge in [0.2, 0.25) is 5.75 Å². The van der Waals surface area contributed by atoms with Crippen molar-refractivity contribution < 1.29 is 14.2 Å². The fourth-order valence-electron chi connectivity index (χ4n) is 3.17. The summed E-state index contributed by atoms with van der Waals surface area (Å²) in [6.07, 6.45) is 2.27. The first-order chi connectivity index (χ1) is 14.0. The number of aliphatic imine (C=N–C) groups is 1. The molecule has 1 aromatic rings. The van der Waals surface area contributed by atoms with Crippen molar-refractivity contribution in [3.05, 3.63) is 17.7 Å². The molecule has 0 aliphatic carbocycles. The van der Waals surface area contributed by atoms with E-state index < -0.39 is 0 Å². The lowest BCUT2D eigenvalue weighted by atomic mass is 10.1. The second kappa shape index (κ2) is 13.9. The molecule has 0 radical (unpaired) electrons. The van der Waals surface area contributed by atoms with Gasteiger partial charge in [-0.15, -0.1) is 0 Å². The largest absolute Gasteiger partial charge is 0.493 e. The fourth-order valence-corrected chi connectivity index (χ4v) is 3.17. The van der Waals surface area contributed by atoms with Gasteiger partial charge < -0.3 is 29.7 Å². The molecule has 7 heteroatoms. The molecule has 0 aliphatic heterocycles. The van der Waals surface area contributed by atoms with Crippen LogP contribution in [0.2, 0.25) is 0 Å². The molecule has 0 bridgehead atoms. The van der Waals surface area contributed by atoms with Gasteiger partial charge >= 0.3 is 0 Å². The van der Waals surface area contributed by atoms with E-state index in [1.807, 2.05) is 19.1 Å². The van der Waals surface area contributed by atoms with Crippen molar-refractivity contribution in [2.75, 3.05) is 47.5 Å². The Hall–Kier alpha value is -2.15. The van der Waals surface area contributed by atoms with Crippen LogP contribution in [0, 0.1) is 0 Å². The molecule has 0 saturated carbocycles. The number of hydrogen-bond acceptors (Lipinski definition) is 5. The summed E-state index contributed by atoms with van der Waals surface area (Å²) in [4.78, 5) is 6.80. The third kappa shape index (κ3) is 8.40. The van der Waals surface area contributed by atoms with Crippen LogP contribution < -0.4 is 24.8 Å². The van der Waals surface area contributed by atoms with E-state index in [-0.39, 0.29) is 0 Å². The van der Waals surface area contributed by atoms with Crippen molar-refractivity contribution in [1.29, 1.82) is 0 Å². The number of rotatable bonds is 13. The van der Waals surface area contributed by atoms with Crippen LogP contribution in [0.5, 0.6) is 17.2 Å². The molecule has 0 aliphatic rings. The third-order valence-corrected chi connectivity index (χ3v) is 4.88. The van der Waals surface area contributed by atoms with Gasteiger partial charge in [-0.05, 0) is 64.0 Å². The molecule has 2 N–H and O–H groups in total. The first-order valence-electron chi connectivity index (χ1n) is 10.6. The molecule has 0 saturated heterocycles. The van der Waals surface area contributed by atoms with Gasteiger partial charge in [0.15, 0.2) is 17.5 Å². The van der Waals surface area contributed by atoms with Crippen molar-refractivity contribution in [1.82, 2.24) is 15.5 Å². The normalized spacial score (nSPS) is 12.6. The lowest BCUT2D eigenvalue weighted by molar-refractivity contribution is 0.288. The van der Waals surface area contributed by atoms with Gasteiger partial charge in [0.1, 0.15) is 0 Å². The van der Waals surface area contributed by atoms with E-state index in [1.165, 1.54) is 6.42 Å². The highest BCUT2D eigenvalue weighted by Crippen LogP contribution is 2.38. The molecule has 0 amide bonds. The molecular weight excluding hydrogens is 368 g/mol. The monoisotopic (exact) mass is 408 g/mol. The van der Waals surface area contributed by atoms with E-state index >= 15 is 0 Å². The van der Waals surface area contributed by atoms with E-state index in [9.17, 15) is 0 Å². The van der Waals surface area contributed by atoms with Crippen LogP contribution in [0.1, 0.15) is 46.1 Å². The zero-order chi connectivity index (χ0) is 21.6. The smallest absolute Gasteiger partial charge is 0.203 e. The standard InChI is InChI=1S/C22H40N4O3/c1-8-26(9-2)13-11-12-17(4)25-22(23-5)24-16-18-14-19(27-6)21(29-10-3)20(15-18)28-7/h14-15,17H,8-13,16H2,1-7H3,(H2,23,24,25). The first kappa shape index (κ1) is 24.9. The molecule has 0 fully saturated rings. The van der Waals surface area contributed by atoms with Gasteiger partial charge in [-0.1, -0.05) is 13.8 Å². The quantitative estimate of drug-likeness (QED) is 0.386. The van der Waals surface area contributed by atoms with Crippen molar-refractivity contribution in [2.24, 2.45) is 4.99 Å². The summed E-state index contributed by atoms with van der Waals surface area (Å²) in [6, 6.07) is 4.27. The number of hydrogen-bond donors (Lipinski definition) is 2. The minimum Gasteiger partial charge on any atom is -0.493 e. The van der Waals surface area contributed by atoms with E-state index in [4.69, 9.17) is 14.2 Å². The average Bonchev–Trinajstić information content (AvgIpc) is 2.74. The second-order valence-electron chi connectivity index (χ2n) is 6.90. The van der Waals surface area contributed by atoms with Crippen molar-refractivity contribution in [3.8, 4) is 17.2 Å². The SMILES string of the molecule is CCOc1c(OC)cc(CNC(=NC)NC(C)CCCN(CC)CC)cc1OC. The number of ether oxygens (including phenoxy) is 3. The molecule has 0 spiro atoms. The maximum Gasteiger partial charge on any atom is 0.203 e. The minimum atomic E-state index is 0.348. The maximum atomic E-state index is 5.66. The number of guanidine groups is 1. The Balaban J connectivity index is 2.63. The van der Waals surface area contributed by atoms with Gasteiger partial charge in [0.25, 0.3) is 0 Å². The van der Waals surface area contributed by atoms with Crippen molar-refractivity contribution >= 4 is 5.96 Å². The molecule has 1 rings (SSSR count). The molecule has 7 nitrogen and oxygen atoms in total. The Morgan fingerprint density at radius 2 is 1.72 bits per heavy atom. The molecule has 29 heavy (non-hydrogen) atoms. The van der Waals surface area contributed by atoms with Crippen molar-refractivity contribution in [2.45, 2.75) is 53.1 Å². The van der Waals surface area contributed by atoms with Crippen molar-refractivity contribution in [3.63, 3.8) is 0 Å². The first-order valence-corrected chi connectivity index (χ1v) is 10.6. The van der Waals surface area contributed by atoms with Crippen LogP contribution >= 0.6 is 0 Å². The summed E-state index contributed by atoms with van der Waals surface area (Å²) in [6.45, 7) is 13.1. The van der Waals surface area contributed by atoms with E-state index in [0.717, 1.165) is 37.6 Å². The Labute approximate surface area is 176 Å². The number of nitrogens with zero attached hydrogens (tertiary/aromatic N) is 2. The lowest BCUT2D eigenvalue weighted by Crippen LogP contribution is -2.42. The number of methoxy groups -OCH3 is 2. The van der Waals surface area contributed by atoms with Crippen LogP contribution in [0.4, 0.5) is 0 Å². The fraction of sp³-hybridized carbons (Fsp3) is 0.682. The summed E-state index contributed by atoms with van der Waals surface area (Å²) in [5, 5.41) is 6.84.